The van der Waals surface area contributed by atoms with E-state index in [9.17, 15) is 9.36 Å². The Kier molecular flexibility index (Phi) is 6.87. The van der Waals surface area contributed by atoms with Crippen LogP contribution in [-0.4, -0.2) is 11.9 Å². The van der Waals surface area contributed by atoms with Crippen LogP contribution >= 0.6 is 8.46 Å². The standard InChI is InChI=1S/C21H25O2P/c1-15-13-16(2)20(17(3)14-15)21(22)19(11-7-8-12-24-23)18-9-5-4-6-10-18/h4-6,9-10,13-14,19H,7-8,11-12H2,1-3H3. The van der Waals surface area contributed by atoms with Gasteiger partial charge in [0.15, 0.2) is 14.2 Å². The molecule has 2 nitrogen and oxygen atoms in total. The van der Waals surface area contributed by atoms with Gasteiger partial charge in [-0.3, -0.25) is 9.36 Å². The maximum atomic E-state index is 13.3. The predicted octanol–water partition coefficient (Wildman–Crippen LogP) is 6.04. The Bertz CT molecular complexity index is 684. The fourth-order valence-corrected chi connectivity index (χ4v) is 3.75. The van der Waals surface area contributed by atoms with Crippen molar-refractivity contribution in [1.29, 1.82) is 0 Å². The highest BCUT2D eigenvalue weighted by atomic mass is 31.1. The fourth-order valence-electron chi connectivity index (χ4n) is 3.40. The molecule has 0 radical (unpaired) electrons. The van der Waals surface area contributed by atoms with E-state index in [2.05, 4.69) is 19.1 Å². The predicted molar refractivity (Wildman–Crippen MR) is 100 cm³/mol. The largest absolute Gasteiger partial charge is 0.293 e. The van der Waals surface area contributed by atoms with Crippen LogP contribution in [0.25, 0.3) is 0 Å². The summed E-state index contributed by atoms with van der Waals surface area (Å²) in [5.74, 6) is 0.0745. The monoisotopic (exact) mass is 340 g/mol. The van der Waals surface area contributed by atoms with E-state index in [1.165, 1.54) is 5.56 Å². The van der Waals surface area contributed by atoms with E-state index in [4.69, 9.17) is 0 Å². The van der Waals surface area contributed by atoms with Crippen LogP contribution in [0.2, 0.25) is 0 Å². The summed E-state index contributed by atoms with van der Waals surface area (Å²) in [6.07, 6.45) is 3.25. The molecular formula is C21H25O2P. The quantitative estimate of drug-likeness (QED) is 0.333. The molecule has 0 saturated carbocycles. The molecule has 0 amide bonds. The molecule has 0 aliphatic heterocycles. The molecule has 0 N–H and O–H groups in total. The number of carbonyl (C=O) groups is 1. The highest BCUT2D eigenvalue weighted by molar-refractivity contribution is 7.23. The molecule has 3 heteroatoms. The lowest BCUT2D eigenvalue weighted by atomic mass is 9.83. The number of Topliss-reactive ketones (excluding diaryl/α,β-unsaturated/α-hetero) is 1. The molecule has 2 aromatic rings. The first kappa shape index (κ1) is 18.5. The molecule has 0 spiro atoms. The van der Waals surface area contributed by atoms with E-state index in [-0.39, 0.29) is 20.2 Å². The zero-order valence-electron chi connectivity index (χ0n) is 14.7. The summed E-state index contributed by atoms with van der Waals surface area (Å²) in [5.41, 5.74) is 5.22. The third-order valence-electron chi connectivity index (χ3n) is 4.43. The van der Waals surface area contributed by atoms with Gasteiger partial charge >= 0.3 is 0 Å². The van der Waals surface area contributed by atoms with Gasteiger partial charge in [-0.2, -0.15) is 0 Å². The molecule has 2 aromatic carbocycles. The highest BCUT2D eigenvalue weighted by Gasteiger charge is 2.24. The average molecular weight is 340 g/mol. The highest BCUT2D eigenvalue weighted by Crippen LogP contribution is 2.30. The van der Waals surface area contributed by atoms with Gasteiger partial charge in [0, 0.05) is 17.6 Å². The molecule has 0 saturated heterocycles. The van der Waals surface area contributed by atoms with Crippen molar-refractivity contribution in [1.82, 2.24) is 0 Å². The maximum absolute atomic E-state index is 13.3. The van der Waals surface area contributed by atoms with Gasteiger partial charge < -0.3 is 0 Å². The molecule has 1 atom stereocenters. The van der Waals surface area contributed by atoms with Gasteiger partial charge in [0.1, 0.15) is 0 Å². The number of hydrogen-bond acceptors (Lipinski definition) is 2. The second kappa shape index (κ2) is 8.89. The first-order valence-corrected chi connectivity index (χ1v) is 9.50. The third-order valence-corrected chi connectivity index (χ3v) is 4.93. The normalized spacial score (nSPS) is 12.3. The van der Waals surface area contributed by atoms with Gasteiger partial charge in [0.05, 0.1) is 0 Å². The van der Waals surface area contributed by atoms with Crippen molar-refractivity contribution in [2.45, 2.75) is 46.0 Å². The van der Waals surface area contributed by atoms with E-state index in [1.807, 2.05) is 44.2 Å². The Labute approximate surface area is 146 Å². The van der Waals surface area contributed by atoms with Crippen LogP contribution < -0.4 is 0 Å². The Morgan fingerprint density at radius 2 is 1.62 bits per heavy atom. The molecule has 1 unspecified atom stereocenters. The van der Waals surface area contributed by atoms with Crippen molar-refractivity contribution in [2.24, 2.45) is 0 Å². The molecule has 0 heterocycles. The van der Waals surface area contributed by atoms with Crippen molar-refractivity contribution in [3.8, 4) is 0 Å². The average Bonchev–Trinajstić information content (AvgIpc) is 2.54. The molecule has 2 rings (SSSR count). The molecule has 126 valence electrons. The second-order valence-electron chi connectivity index (χ2n) is 6.45. The van der Waals surface area contributed by atoms with Crippen LogP contribution in [0.3, 0.4) is 0 Å². The van der Waals surface area contributed by atoms with Crippen LogP contribution in [0, 0.1) is 20.8 Å². The van der Waals surface area contributed by atoms with Crippen molar-refractivity contribution in [2.75, 3.05) is 6.16 Å². The van der Waals surface area contributed by atoms with E-state index in [0.29, 0.717) is 6.16 Å². The third kappa shape index (κ3) is 4.61. The number of carbonyl (C=O) groups excluding carboxylic acids is 1. The van der Waals surface area contributed by atoms with E-state index < -0.39 is 0 Å². The summed E-state index contributed by atoms with van der Waals surface area (Å²) >= 11 is 0. The smallest absolute Gasteiger partial charge is 0.170 e. The molecule has 0 aromatic heterocycles. The van der Waals surface area contributed by atoms with Gasteiger partial charge in [-0.15, -0.1) is 0 Å². The van der Waals surface area contributed by atoms with Gasteiger partial charge in [-0.05, 0) is 50.3 Å². The number of aryl methyl sites for hydroxylation is 3. The second-order valence-corrected chi connectivity index (χ2v) is 7.16. The van der Waals surface area contributed by atoms with E-state index in [1.54, 1.807) is 0 Å². The maximum Gasteiger partial charge on any atom is 0.170 e. The zero-order valence-corrected chi connectivity index (χ0v) is 15.6. The lowest BCUT2D eigenvalue weighted by Crippen LogP contribution is -2.16. The summed E-state index contributed by atoms with van der Waals surface area (Å²) in [7, 11) is 0.190. The van der Waals surface area contributed by atoms with Crippen molar-refractivity contribution >= 4 is 14.2 Å². The van der Waals surface area contributed by atoms with Gasteiger partial charge in [0.2, 0.25) is 0 Å². The van der Waals surface area contributed by atoms with Crippen LogP contribution in [0.4, 0.5) is 0 Å². The summed E-state index contributed by atoms with van der Waals surface area (Å²) in [4.78, 5) is 13.3. The van der Waals surface area contributed by atoms with Gasteiger partial charge in [-0.1, -0.05) is 54.4 Å². The minimum absolute atomic E-state index is 0.130. The van der Waals surface area contributed by atoms with Crippen molar-refractivity contribution in [3.63, 3.8) is 0 Å². The molecule has 0 aliphatic rings. The summed E-state index contributed by atoms with van der Waals surface area (Å²) in [6.45, 7) is 6.10. The molecule has 0 bridgehead atoms. The Balaban J connectivity index is 2.32. The molecule has 24 heavy (non-hydrogen) atoms. The Hall–Kier alpha value is -1.79. The summed E-state index contributed by atoms with van der Waals surface area (Å²) < 4.78 is 10.6. The first-order valence-electron chi connectivity index (χ1n) is 8.50. The first-order chi connectivity index (χ1) is 11.5. The van der Waals surface area contributed by atoms with E-state index in [0.717, 1.165) is 41.5 Å². The SMILES string of the molecule is Cc1cc(C)c(C(=O)C(CCCCP=O)c2ccccc2)c(C)c1. The van der Waals surface area contributed by atoms with E-state index >= 15 is 0 Å². The summed E-state index contributed by atoms with van der Waals surface area (Å²) in [6, 6.07) is 14.2. The minimum atomic E-state index is -0.130. The molecule has 0 aliphatic carbocycles. The fraction of sp³-hybridized carbons (Fsp3) is 0.381. The minimum Gasteiger partial charge on any atom is -0.293 e. The van der Waals surface area contributed by atoms with Gasteiger partial charge in [-0.25, -0.2) is 0 Å². The van der Waals surface area contributed by atoms with Crippen LogP contribution in [-0.2, 0) is 4.57 Å². The van der Waals surface area contributed by atoms with Crippen LogP contribution in [0.1, 0.15) is 57.8 Å². The van der Waals surface area contributed by atoms with Crippen LogP contribution in [0.15, 0.2) is 42.5 Å². The van der Waals surface area contributed by atoms with Crippen molar-refractivity contribution < 1.29 is 9.36 Å². The van der Waals surface area contributed by atoms with Crippen molar-refractivity contribution in [3.05, 3.63) is 70.3 Å². The van der Waals surface area contributed by atoms with Gasteiger partial charge in [0.25, 0.3) is 0 Å². The number of rotatable bonds is 8. The molecular weight excluding hydrogens is 315 g/mol. The Morgan fingerprint density at radius 3 is 2.21 bits per heavy atom. The lowest BCUT2D eigenvalue weighted by molar-refractivity contribution is 0.0953. The number of benzene rings is 2. The lowest BCUT2D eigenvalue weighted by Gasteiger charge is -2.19. The topological polar surface area (TPSA) is 34.1 Å². The Morgan fingerprint density at radius 1 is 1.00 bits per heavy atom. The number of hydrogen-bond donors (Lipinski definition) is 0. The number of unbranched alkanes of at least 4 members (excludes halogenated alkanes) is 1. The summed E-state index contributed by atoms with van der Waals surface area (Å²) in [5, 5.41) is 0. The molecule has 0 fully saturated rings. The van der Waals surface area contributed by atoms with Crippen LogP contribution in [0.5, 0.6) is 0 Å². The zero-order chi connectivity index (χ0) is 17.5. The number of ketones is 1.